The fourth-order valence-corrected chi connectivity index (χ4v) is 4.63. The van der Waals surface area contributed by atoms with Crippen LogP contribution < -0.4 is 0 Å². The molecule has 80 valence electrons. The van der Waals surface area contributed by atoms with Gasteiger partial charge >= 0.3 is 0 Å². The normalized spacial score (nSPS) is 36.6. The topological polar surface area (TPSA) is 51.2 Å². The molecule has 0 aromatic heterocycles. The molecule has 2 aliphatic rings. The third-order valence-corrected chi connectivity index (χ3v) is 6.73. The Balaban J connectivity index is 2.37. The number of carbonyl (C=O) groups is 1. The van der Waals surface area contributed by atoms with E-state index in [1.54, 1.807) is 13.8 Å². The van der Waals surface area contributed by atoms with E-state index in [9.17, 15) is 13.2 Å². The lowest BCUT2D eigenvalue weighted by Gasteiger charge is -2.29. The first-order valence-corrected chi connectivity index (χ1v) is 6.70. The highest BCUT2D eigenvalue weighted by Crippen LogP contribution is 2.59. The minimum Gasteiger partial charge on any atom is -0.303 e. The minimum absolute atomic E-state index is 0.0394. The van der Waals surface area contributed by atoms with Gasteiger partial charge in [0.15, 0.2) is 9.84 Å². The molecule has 14 heavy (non-hydrogen) atoms. The minimum atomic E-state index is -2.99. The summed E-state index contributed by atoms with van der Waals surface area (Å²) in [5.74, 6) is 0.290. The van der Waals surface area contributed by atoms with E-state index in [4.69, 9.17) is 0 Å². The van der Waals surface area contributed by atoms with Crippen molar-refractivity contribution in [1.29, 1.82) is 0 Å². The molecule has 0 spiro atoms. The van der Waals surface area contributed by atoms with E-state index in [-0.39, 0.29) is 17.1 Å². The molecule has 4 heteroatoms. The van der Waals surface area contributed by atoms with Crippen molar-refractivity contribution in [2.45, 2.75) is 37.9 Å². The largest absolute Gasteiger partial charge is 0.303 e. The third-order valence-electron chi connectivity index (χ3n) is 4.07. The fourth-order valence-electron chi connectivity index (χ4n) is 2.77. The third kappa shape index (κ3) is 1.09. The number of sulfone groups is 1. The predicted octanol–water partition coefficient (Wildman–Crippen LogP) is 1.18. The Hall–Kier alpha value is -0.380. The molecule has 1 aliphatic heterocycles. The molecular formula is C10H16O3S. The van der Waals surface area contributed by atoms with Crippen molar-refractivity contribution in [3.8, 4) is 0 Å². The Morgan fingerprint density at radius 1 is 1.29 bits per heavy atom. The zero-order chi connectivity index (χ0) is 10.6. The second-order valence-corrected chi connectivity index (χ2v) is 7.80. The van der Waals surface area contributed by atoms with Crippen molar-refractivity contribution < 1.29 is 13.2 Å². The van der Waals surface area contributed by atoms with Crippen LogP contribution in [0.4, 0.5) is 0 Å². The van der Waals surface area contributed by atoms with Crippen molar-refractivity contribution in [1.82, 2.24) is 0 Å². The van der Waals surface area contributed by atoms with E-state index >= 15 is 0 Å². The predicted molar refractivity (Wildman–Crippen MR) is 53.7 cm³/mol. The van der Waals surface area contributed by atoms with Gasteiger partial charge in [-0.3, -0.25) is 0 Å². The van der Waals surface area contributed by atoms with E-state index in [1.165, 1.54) is 0 Å². The lowest BCUT2D eigenvalue weighted by Crippen LogP contribution is -2.38. The second-order valence-electron chi connectivity index (χ2n) is 5.11. The maximum absolute atomic E-state index is 11.8. The number of hydrogen-bond acceptors (Lipinski definition) is 3. The highest BCUT2D eigenvalue weighted by Gasteiger charge is 2.61. The van der Waals surface area contributed by atoms with E-state index in [2.05, 4.69) is 0 Å². The summed E-state index contributed by atoms with van der Waals surface area (Å²) in [6.07, 6.45) is 3.40. The Kier molecular flexibility index (Phi) is 1.88. The van der Waals surface area contributed by atoms with Gasteiger partial charge < -0.3 is 4.79 Å². The van der Waals surface area contributed by atoms with Crippen LogP contribution in [0.5, 0.6) is 0 Å². The summed E-state index contributed by atoms with van der Waals surface area (Å²) in [7, 11) is -2.99. The van der Waals surface area contributed by atoms with E-state index < -0.39 is 14.6 Å². The van der Waals surface area contributed by atoms with E-state index in [1.807, 2.05) is 0 Å². The lowest BCUT2D eigenvalue weighted by atomic mass is 9.79. The molecule has 1 heterocycles. The average Bonchev–Trinajstić information content (AvgIpc) is 2.80. The summed E-state index contributed by atoms with van der Waals surface area (Å²) in [5.41, 5.74) is -0.299. The first-order chi connectivity index (χ1) is 6.36. The summed E-state index contributed by atoms with van der Waals surface area (Å²) in [6, 6.07) is 0. The molecule has 0 aromatic carbocycles. The molecule has 0 bridgehead atoms. The van der Waals surface area contributed by atoms with Crippen LogP contribution in [-0.4, -0.2) is 25.2 Å². The summed E-state index contributed by atoms with van der Waals surface area (Å²) >= 11 is 0. The van der Waals surface area contributed by atoms with Gasteiger partial charge in [-0.05, 0) is 39.0 Å². The SMILES string of the molecule is CC1(C)C(C2(C=O)CC2)CCS1(=O)=O. The molecule has 1 aliphatic carbocycles. The molecule has 1 atom stereocenters. The van der Waals surface area contributed by atoms with Crippen LogP contribution in [0.25, 0.3) is 0 Å². The van der Waals surface area contributed by atoms with Crippen LogP contribution in [0.3, 0.4) is 0 Å². The van der Waals surface area contributed by atoms with Gasteiger partial charge in [-0.1, -0.05) is 0 Å². The van der Waals surface area contributed by atoms with E-state index in [0.29, 0.717) is 6.42 Å². The van der Waals surface area contributed by atoms with Crippen LogP contribution in [0, 0.1) is 11.3 Å². The van der Waals surface area contributed by atoms with Crippen molar-refractivity contribution in [2.24, 2.45) is 11.3 Å². The molecule has 0 radical (unpaired) electrons. The van der Waals surface area contributed by atoms with Gasteiger partial charge in [0.25, 0.3) is 0 Å². The molecule has 0 N–H and O–H groups in total. The van der Waals surface area contributed by atoms with Gasteiger partial charge in [-0.15, -0.1) is 0 Å². The highest BCUT2D eigenvalue weighted by atomic mass is 32.2. The number of aldehydes is 1. The van der Waals surface area contributed by atoms with Gasteiger partial charge in [0.2, 0.25) is 0 Å². The quantitative estimate of drug-likeness (QED) is 0.651. The maximum Gasteiger partial charge on any atom is 0.155 e. The second kappa shape index (κ2) is 2.60. The number of carbonyl (C=O) groups excluding carboxylic acids is 1. The van der Waals surface area contributed by atoms with Gasteiger partial charge in [0.1, 0.15) is 6.29 Å². The molecule has 3 nitrogen and oxygen atoms in total. The first kappa shape index (κ1) is 10.1. The molecule has 2 rings (SSSR count). The lowest BCUT2D eigenvalue weighted by molar-refractivity contribution is -0.114. The fraction of sp³-hybridized carbons (Fsp3) is 0.900. The van der Waals surface area contributed by atoms with Gasteiger partial charge in [0, 0.05) is 5.41 Å². The Bertz CT molecular complexity index is 363. The first-order valence-electron chi connectivity index (χ1n) is 5.04. The van der Waals surface area contributed by atoms with Crippen LogP contribution in [0.2, 0.25) is 0 Å². The van der Waals surface area contributed by atoms with Crippen molar-refractivity contribution in [2.75, 3.05) is 5.75 Å². The van der Waals surface area contributed by atoms with Crippen molar-refractivity contribution in [3.63, 3.8) is 0 Å². The van der Waals surface area contributed by atoms with Gasteiger partial charge in [-0.25, -0.2) is 8.42 Å². The smallest absolute Gasteiger partial charge is 0.155 e. The number of hydrogen-bond donors (Lipinski definition) is 0. The zero-order valence-corrected chi connectivity index (χ0v) is 9.43. The summed E-state index contributed by atoms with van der Waals surface area (Å²) < 4.78 is 22.8. The monoisotopic (exact) mass is 216 g/mol. The van der Waals surface area contributed by atoms with Gasteiger partial charge in [-0.2, -0.15) is 0 Å². The molecule has 2 fully saturated rings. The molecule has 0 amide bonds. The highest BCUT2D eigenvalue weighted by molar-refractivity contribution is 7.93. The maximum atomic E-state index is 11.8. The van der Waals surface area contributed by atoms with Crippen molar-refractivity contribution in [3.05, 3.63) is 0 Å². The van der Waals surface area contributed by atoms with Crippen LogP contribution in [0.1, 0.15) is 33.1 Å². The Morgan fingerprint density at radius 3 is 2.14 bits per heavy atom. The Morgan fingerprint density at radius 2 is 1.86 bits per heavy atom. The molecule has 1 saturated heterocycles. The zero-order valence-electron chi connectivity index (χ0n) is 8.62. The standard InChI is InChI=1S/C10H16O3S/c1-9(2)8(3-6-14(9,12)13)10(7-11)4-5-10/h7-8H,3-6H2,1-2H3. The summed E-state index contributed by atoms with van der Waals surface area (Å²) in [4.78, 5) is 11.0. The van der Waals surface area contributed by atoms with Crippen LogP contribution in [-0.2, 0) is 14.6 Å². The molecule has 0 aromatic rings. The molecular weight excluding hydrogens is 200 g/mol. The average molecular weight is 216 g/mol. The Labute approximate surface area is 84.8 Å². The van der Waals surface area contributed by atoms with Crippen molar-refractivity contribution >= 4 is 16.1 Å². The number of rotatable bonds is 2. The summed E-state index contributed by atoms with van der Waals surface area (Å²) in [6.45, 7) is 3.53. The molecule has 1 unspecified atom stereocenters. The van der Waals surface area contributed by atoms with E-state index in [0.717, 1.165) is 19.1 Å². The van der Waals surface area contributed by atoms with Crippen LogP contribution >= 0.6 is 0 Å². The van der Waals surface area contributed by atoms with Gasteiger partial charge in [0.05, 0.1) is 10.5 Å². The van der Waals surface area contributed by atoms with Crippen LogP contribution in [0.15, 0.2) is 0 Å². The molecule has 1 saturated carbocycles. The summed E-state index contributed by atoms with van der Waals surface area (Å²) in [5, 5.41) is 0.